The van der Waals surface area contributed by atoms with E-state index in [9.17, 15) is 22.8 Å². The largest absolute Gasteiger partial charge is 0.328 e. The number of sulfonamides is 1. The minimum Gasteiger partial charge on any atom is -0.326 e. The Morgan fingerprint density at radius 1 is 0.914 bits per heavy atom. The van der Waals surface area contributed by atoms with Gasteiger partial charge in [0.1, 0.15) is 0 Å². The van der Waals surface area contributed by atoms with Gasteiger partial charge in [-0.05, 0) is 54.6 Å². The Hall–Kier alpha value is -3.60. The minimum absolute atomic E-state index is 0.0279. The first-order valence-corrected chi connectivity index (χ1v) is 12.5. The number of rotatable bonds is 7. The van der Waals surface area contributed by atoms with E-state index in [0.717, 1.165) is 0 Å². The van der Waals surface area contributed by atoms with Crippen molar-refractivity contribution in [1.29, 1.82) is 0 Å². The van der Waals surface area contributed by atoms with Crippen molar-refractivity contribution in [1.82, 2.24) is 9.55 Å². The number of aromatic amines is 1. The van der Waals surface area contributed by atoms with Crippen molar-refractivity contribution < 1.29 is 13.2 Å². The van der Waals surface area contributed by atoms with Crippen LogP contribution in [0, 0.1) is 0 Å². The van der Waals surface area contributed by atoms with Crippen LogP contribution in [0.5, 0.6) is 0 Å². The maximum atomic E-state index is 12.6. The number of H-pyrrole nitrogens is 1. The molecule has 0 aliphatic carbocycles. The summed E-state index contributed by atoms with van der Waals surface area (Å²) >= 11 is 11.8. The van der Waals surface area contributed by atoms with Gasteiger partial charge >= 0.3 is 5.69 Å². The molecule has 0 radical (unpaired) electrons. The van der Waals surface area contributed by atoms with E-state index in [2.05, 4.69) is 15.0 Å². The molecule has 4 aromatic rings. The van der Waals surface area contributed by atoms with Crippen molar-refractivity contribution in [3.63, 3.8) is 0 Å². The highest BCUT2D eigenvalue weighted by atomic mass is 35.5. The van der Waals surface area contributed by atoms with Crippen LogP contribution in [-0.2, 0) is 21.4 Å². The van der Waals surface area contributed by atoms with Crippen molar-refractivity contribution >= 4 is 61.4 Å². The fourth-order valence-electron chi connectivity index (χ4n) is 3.42. The molecule has 180 valence electrons. The zero-order chi connectivity index (χ0) is 25.2. The van der Waals surface area contributed by atoms with Crippen LogP contribution in [0.3, 0.4) is 0 Å². The van der Waals surface area contributed by atoms with Gasteiger partial charge in [-0.25, -0.2) is 13.2 Å². The van der Waals surface area contributed by atoms with Gasteiger partial charge in [-0.1, -0.05) is 35.3 Å². The number of fused-ring (bicyclic) bond motifs is 1. The van der Waals surface area contributed by atoms with E-state index in [-0.39, 0.29) is 39.5 Å². The second-order valence-electron chi connectivity index (χ2n) is 7.51. The van der Waals surface area contributed by atoms with E-state index in [1.54, 1.807) is 24.3 Å². The molecular formula is C23H18Cl2N4O5S. The highest BCUT2D eigenvalue weighted by Gasteiger charge is 2.16. The molecule has 12 heteroatoms. The van der Waals surface area contributed by atoms with Gasteiger partial charge in [0.05, 0.1) is 15.8 Å². The van der Waals surface area contributed by atoms with Crippen LogP contribution >= 0.6 is 23.2 Å². The average Bonchev–Trinajstić information content (AvgIpc) is 2.79. The Kier molecular flexibility index (Phi) is 6.97. The summed E-state index contributed by atoms with van der Waals surface area (Å²) < 4.78 is 28.9. The normalized spacial score (nSPS) is 11.4. The number of aryl methyl sites for hydroxylation is 1. The first-order valence-electron chi connectivity index (χ1n) is 10.2. The summed E-state index contributed by atoms with van der Waals surface area (Å²) in [7, 11) is -3.92. The third kappa shape index (κ3) is 5.73. The lowest BCUT2D eigenvalue weighted by atomic mass is 10.2. The van der Waals surface area contributed by atoms with E-state index in [4.69, 9.17) is 23.2 Å². The number of carbonyl (C=O) groups excluding carboxylic acids is 1. The second kappa shape index (κ2) is 9.95. The van der Waals surface area contributed by atoms with Gasteiger partial charge in [-0.2, -0.15) is 0 Å². The summed E-state index contributed by atoms with van der Waals surface area (Å²) in [4.78, 5) is 38.8. The molecule has 0 aliphatic rings. The van der Waals surface area contributed by atoms with Crippen molar-refractivity contribution in [3.05, 3.63) is 97.6 Å². The highest BCUT2D eigenvalue weighted by molar-refractivity contribution is 7.92. The van der Waals surface area contributed by atoms with Gasteiger partial charge < -0.3 is 5.32 Å². The molecule has 9 nitrogen and oxygen atoms in total. The maximum Gasteiger partial charge on any atom is 0.328 e. The Morgan fingerprint density at radius 2 is 1.54 bits per heavy atom. The molecule has 3 aromatic carbocycles. The smallest absolute Gasteiger partial charge is 0.326 e. The van der Waals surface area contributed by atoms with Crippen LogP contribution in [0.25, 0.3) is 10.9 Å². The fraction of sp³-hybridized carbons (Fsp3) is 0.0870. The number of halogens is 2. The lowest BCUT2D eigenvalue weighted by molar-refractivity contribution is -0.116. The Labute approximate surface area is 209 Å². The molecular weight excluding hydrogens is 515 g/mol. The van der Waals surface area contributed by atoms with E-state index in [1.165, 1.54) is 47.0 Å². The number of carbonyl (C=O) groups is 1. The zero-order valence-electron chi connectivity index (χ0n) is 17.9. The van der Waals surface area contributed by atoms with Crippen LogP contribution in [0.15, 0.2) is 81.2 Å². The second-order valence-corrected chi connectivity index (χ2v) is 10.1. The van der Waals surface area contributed by atoms with Gasteiger partial charge in [0.25, 0.3) is 15.6 Å². The van der Waals surface area contributed by atoms with Gasteiger partial charge in [0.15, 0.2) is 0 Å². The van der Waals surface area contributed by atoms with E-state index >= 15 is 0 Å². The van der Waals surface area contributed by atoms with Gasteiger partial charge in [0, 0.05) is 34.4 Å². The van der Waals surface area contributed by atoms with E-state index in [0.29, 0.717) is 16.6 Å². The number of nitrogens with one attached hydrogen (secondary N) is 3. The monoisotopic (exact) mass is 532 g/mol. The number of amides is 1. The molecule has 4 rings (SSSR count). The van der Waals surface area contributed by atoms with E-state index < -0.39 is 21.3 Å². The predicted molar refractivity (Wildman–Crippen MR) is 136 cm³/mol. The quantitative estimate of drug-likeness (QED) is 0.333. The van der Waals surface area contributed by atoms with Crippen LogP contribution in [-0.4, -0.2) is 23.9 Å². The predicted octanol–water partition coefficient (Wildman–Crippen LogP) is 3.83. The Bertz CT molecular complexity index is 1630. The van der Waals surface area contributed by atoms with E-state index in [1.807, 2.05) is 0 Å². The minimum atomic E-state index is -3.92. The van der Waals surface area contributed by atoms with Gasteiger partial charge in [0.2, 0.25) is 5.91 Å². The summed E-state index contributed by atoms with van der Waals surface area (Å²) in [6.07, 6.45) is -0.0279. The molecule has 1 aromatic heterocycles. The molecule has 0 saturated carbocycles. The van der Waals surface area contributed by atoms with Gasteiger partial charge in [-0.15, -0.1) is 0 Å². The number of nitrogens with zero attached hydrogens (tertiary/aromatic N) is 1. The molecule has 0 aliphatic heterocycles. The lowest BCUT2D eigenvalue weighted by Gasteiger charge is -2.11. The van der Waals surface area contributed by atoms with Gasteiger partial charge in [-0.3, -0.25) is 23.9 Å². The number of hydrogen-bond donors (Lipinski definition) is 3. The van der Waals surface area contributed by atoms with Crippen molar-refractivity contribution in [2.45, 2.75) is 17.9 Å². The molecule has 0 atom stereocenters. The van der Waals surface area contributed by atoms with Crippen LogP contribution in [0.2, 0.25) is 10.0 Å². The standard InChI is InChI=1S/C23H18Cl2N4O5S/c24-14-11-15(25)13-18(12-14)35(33,34)28-17-7-5-16(6-8-17)26-21(30)9-10-29-20-4-2-1-3-19(20)22(31)27-23(29)32/h1-8,11-13,28H,9-10H2,(H,26,30)(H,27,31,32). The first-order chi connectivity index (χ1) is 16.6. The molecule has 0 saturated heterocycles. The molecule has 35 heavy (non-hydrogen) atoms. The SMILES string of the molecule is O=C(CCn1c(=O)[nH]c(=O)c2ccccc21)Nc1ccc(NS(=O)(=O)c2cc(Cl)cc(Cl)c2)cc1. The van der Waals surface area contributed by atoms with Crippen LogP contribution < -0.4 is 21.3 Å². The van der Waals surface area contributed by atoms with Crippen molar-refractivity contribution in [3.8, 4) is 0 Å². The third-order valence-corrected chi connectivity index (χ3v) is 6.83. The van der Waals surface area contributed by atoms with Crippen LogP contribution in [0.4, 0.5) is 11.4 Å². The summed E-state index contributed by atoms with van der Waals surface area (Å²) in [5, 5.41) is 3.42. The first kappa shape index (κ1) is 24.5. The summed E-state index contributed by atoms with van der Waals surface area (Å²) in [6, 6.07) is 16.6. The number of para-hydroxylation sites is 1. The fourth-order valence-corrected chi connectivity index (χ4v) is 5.20. The molecule has 3 N–H and O–H groups in total. The number of anilines is 2. The molecule has 0 unspecified atom stereocenters. The molecule has 1 heterocycles. The number of benzene rings is 3. The summed E-state index contributed by atoms with van der Waals surface area (Å²) in [6.45, 7) is 0.0576. The van der Waals surface area contributed by atoms with Crippen molar-refractivity contribution in [2.24, 2.45) is 0 Å². The Morgan fingerprint density at radius 3 is 2.23 bits per heavy atom. The van der Waals surface area contributed by atoms with Crippen LogP contribution in [0.1, 0.15) is 6.42 Å². The number of aromatic nitrogens is 2. The topological polar surface area (TPSA) is 130 Å². The summed E-state index contributed by atoms with van der Waals surface area (Å²) in [5.41, 5.74) is 0.0547. The Balaban J connectivity index is 1.41. The lowest BCUT2D eigenvalue weighted by Crippen LogP contribution is -2.31. The third-order valence-electron chi connectivity index (χ3n) is 5.03. The molecule has 0 spiro atoms. The molecule has 1 amide bonds. The average molecular weight is 533 g/mol. The highest BCUT2D eigenvalue weighted by Crippen LogP contribution is 2.24. The summed E-state index contributed by atoms with van der Waals surface area (Å²) in [5.74, 6) is -0.367. The zero-order valence-corrected chi connectivity index (χ0v) is 20.2. The molecule has 0 fully saturated rings. The number of hydrogen-bond acceptors (Lipinski definition) is 5. The van der Waals surface area contributed by atoms with Crippen molar-refractivity contribution in [2.75, 3.05) is 10.0 Å². The molecule has 0 bridgehead atoms. The maximum absolute atomic E-state index is 12.6.